The predicted octanol–water partition coefficient (Wildman–Crippen LogP) is 2.57. The maximum atomic E-state index is 12.6. The predicted molar refractivity (Wildman–Crippen MR) is 105 cm³/mol. The van der Waals surface area contributed by atoms with Gasteiger partial charge in [0.1, 0.15) is 0 Å². The fourth-order valence-corrected chi connectivity index (χ4v) is 4.30. The molecule has 0 aromatic heterocycles. The summed E-state index contributed by atoms with van der Waals surface area (Å²) in [6, 6.07) is 19.2. The van der Waals surface area contributed by atoms with Crippen molar-refractivity contribution in [3.63, 3.8) is 0 Å². The standard InChI is InChI=1S/C20H20N4O2S/c1-23-17-16(18(25)22-19(23)26)24(13-12-14-8-4-2-5-9-14)20(21-17)27-15-10-6-3-7-11-15/h2-11,16-17H,12-13H2,1H3,(H,22,25,26). The second kappa shape index (κ2) is 7.44. The van der Waals surface area contributed by atoms with E-state index >= 15 is 0 Å². The van der Waals surface area contributed by atoms with Gasteiger partial charge in [-0.15, -0.1) is 0 Å². The molecule has 2 heterocycles. The molecule has 4 rings (SSSR count). The minimum Gasteiger partial charge on any atom is -0.335 e. The summed E-state index contributed by atoms with van der Waals surface area (Å²) in [5.74, 6) is -0.288. The summed E-state index contributed by atoms with van der Waals surface area (Å²) < 4.78 is 0. The third kappa shape index (κ3) is 3.55. The molecule has 2 aliphatic rings. The molecule has 7 heteroatoms. The molecule has 138 valence electrons. The van der Waals surface area contributed by atoms with Gasteiger partial charge in [-0.2, -0.15) is 0 Å². The first-order valence-electron chi connectivity index (χ1n) is 8.82. The zero-order valence-electron chi connectivity index (χ0n) is 14.9. The van der Waals surface area contributed by atoms with E-state index < -0.39 is 18.2 Å². The molecule has 1 N–H and O–H groups in total. The smallest absolute Gasteiger partial charge is 0.325 e. The number of thioether (sulfide) groups is 1. The summed E-state index contributed by atoms with van der Waals surface area (Å²) in [4.78, 5) is 33.9. The third-order valence-corrected chi connectivity index (χ3v) is 5.79. The van der Waals surface area contributed by atoms with Crippen LogP contribution >= 0.6 is 11.8 Å². The molecule has 0 aliphatic carbocycles. The summed E-state index contributed by atoms with van der Waals surface area (Å²) in [7, 11) is 1.68. The summed E-state index contributed by atoms with van der Waals surface area (Å²) in [5, 5.41) is 3.20. The van der Waals surface area contributed by atoms with E-state index in [9.17, 15) is 9.59 Å². The molecule has 0 saturated carbocycles. The molecule has 2 aliphatic heterocycles. The average molecular weight is 380 g/mol. The number of carbonyl (C=O) groups is 2. The quantitative estimate of drug-likeness (QED) is 0.885. The monoisotopic (exact) mass is 380 g/mol. The molecule has 0 bridgehead atoms. The van der Waals surface area contributed by atoms with Gasteiger partial charge in [-0.05, 0) is 24.1 Å². The summed E-state index contributed by atoms with van der Waals surface area (Å²) in [5.41, 5.74) is 1.20. The first-order valence-corrected chi connectivity index (χ1v) is 9.64. The number of hydrogen-bond acceptors (Lipinski definition) is 5. The van der Waals surface area contributed by atoms with Gasteiger partial charge >= 0.3 is 6.03 Å². The number of amidine groups is 1. The molecule has 1 saturated heterocycles. The number of likely N-dealkylation sites (N-methyl/N-ethyl adjacent to an activating group) is 1. The van der Waals surface area contributed by atoms with Crippen LogP contribution in [-0.4, -0.2) is 52.7 Å². The van der Waals surface area contributed by atoms with Crippen LogP contribution in [0.3, 0.4) is 0 Å². The highest BCUT2D eigenvalue weighted by molar-refractivity contribution is 8.13. The van der Waals surface area contributed by atoms with E-state index in [4.69, 9.17) is 4.99 Å². The molecule has 0 spiro atoms. The Kier molecular flexibility index (Phi) is 4.85. The Morgan fingerprint density at radius 1 is 1.04 bits per heavy atom. The fraction of sp³-hybridized carbons (Fsp3) is 0.250. The lowest BCUT2D eigenvalue weighted by atomic mass is 10.1. The first kappa shape index (κ1) is 17.6. The van der Waals surface area contributed by atoms with Gasteiger partial charge in [0.25, 0.3) is 5.91 Å². The molecular weight excluding hydrogens is 360 g/mol. The van der Waals surface area contributed by atoms with Gasteiger partial charge < -0.3 is 9.80 Å². The molecular formula is C20H20N4O2S. The third-order valence-electron chi connectivity index (χ3n) is 4.76. The largest absolute Gasteiger partial charge is 0.335 e. The van der Waals surface area contributed by atoms with Crippen LogP contribution in [0.25, 0.3) is 0 Å². The van der Waals surface area contributed by atoms with Crippen molar-refractivity contribution < 1.29 is 9.59 Å². The van der Waals surface area contributed by atoms with Crippen molar-refractivity contribution in [3.05, 3.63) is 66.2 Å². The van der Waals surface area contributed by atoms with Gasteiger partial charge in [0, 0.05) is 18.5 Å². The van der Waals surface area contributed by atoms with Gasteiger partial charge in [0.2, 0.25) is 0 Å². The fourth-order valence-electron chi connectivity index (χ4n) is 3.31. The molecule has 2 unspecified atom stereocenters. The average Bonchev–Trinajstić information content (AvgIpc) is 3.05. The molecule has 2 aromatic rings. The van der Waals surface area contributed by atoms with Crippen LogP contribution in [0.5, 0.6) is 0 Å². The number of imide groups is 1. The second-order valence-corrected chi connectivity index (χ2v) is 7.56. The first-order chi connectivity index (χ1) is 13.1. The lowest BCUT2D eigenvalue weighted by molar-refractivity contribution is -0.127. The van der Waals surface area contributed by atoms with Crippen molar-refractivity contribution in [2.24, 2.45) is 4.99 Å². The molecule has 6 nitrogen and oxygen atoms in total. The van der Waals surface area contributed by atoms with E-state index in [1.54, 1.807) is 7.05 Å². The molecule has 3 amide bonds. The number of aliphatic imine (C=N–C) groups is 1. The van der Waals surface area contributed by atoms with E-state index in [0.29, 0.717) is 6.54 Å². The van der Waals surface area contributed by atoms with Gasteiger partial charge in [0.15, 0.2) is 17.4 Å². The maximum absolute atomic E-state index is 12.6. The Morgan fingerprint density at radius 2 is 1.70 bits per heavy atom. The van der Waals surface area contributed by atoms with Gasteiger partial charge in [-0.1, -0.05) is 60.3 Å². The van der Waals surface area contributed by atoms with Crippen LogP contribution in [0.15, 0.2) is 70.6 Å². The van der Waals surface area contributed by atoms with Crippen molar-refractivity contribution in [1.82, 2.24) is 15.1 Å². The number of benzene rings is 2. The van der Waals surface area contributed by atoms with E-state index in [0.717, 1.165) is 16.5 Å². The number of urea groups is 1. The van der Waals surface area contributed by atoms with Crippen LogP contribution < -0.4 is 5.32 Å². The summed E-state index contributed by atoms with van der Waals surface area (Å²) >= 11 is 1.52. The topological polar surface area (TPSA) is 65.0 Å². The number of rotatable bonds is 4. The van der Waals surface area contributed by atoms with Crippen molar-refractivity contribution in [2.45, 2.75) is 23.5 Å². The highest BCUT2D eigenvalue weighted by Crippen LogP contribution is 2.32. The van der Waals surface area contributed by atoms with Crippen LogP contribution in [0.4, 0.5) is 4.79 Å². The van der Waals surface area contributed by atoms with E-state index in [-0.39, 0.29) is 5.91 Å². The molecule has 27 heavy (non-hydrogen) atoms. The van der Waals surface area contributed by atoms with E-state index in [1.807, 2.05) is 53.4 Å². The maximum Gasteiger partial charge on any atom is 0.325 e. The zero-order chi connectivity index (χ0) is 18.8. The second-order valence-electron chi connectivity index (χ2n) is 6.52. The Bertz CT molecular complexity index is 872. The Morgan fingerprint density at radius 3 is 2.41 bits per heavy atom. The minimum atomic E-state index is -0.498. The highest BCUT2D eigenvalue weighted by atomic mass is 32.2. The van der Waals surface area contributed by atoms with Crippen LogP contribution in [0, 0.1) is 0 Å². The van der Waals surface area contributed by atoms with Crippen molar-refractivity contribution in [3.8, 4) is 0 Å². The summed E-state index contributed by atoms with van der Waals surface area (Å²) in [6.07, 6.45) is 0.303. The SMILES string of the molecule is CN1C(=O)NC(=O)C2C1N=C(Sc1ccccc1)N2CCc1ccccc1. The number of nitrogens with one attached hydrogen (secondary N) is 1. The van der Waals surface area contributed by atoms with Gasteiger partial charge in [-0.25, -0.2) is 9.79 Å². The van der Waals surface area contributed by atoms with Crippen molar-refractivity contribution in [1.29, 1.82) is 0 Å². The van der Waals surface area contributed by atoms with Crippen LogP contribution in [0.1, 0.15) is 5.56 Å². The number of nitrogens with zero attached hydrogens (tertiary/aromatic N) is 3. The molecule has 2 aromatic carbocycles. The lowest BCUT2D eigenvalue weighted by Crippen LogP contribution is -2.63. The minimum absolute atomic E-state index is 0.288. The van der Waals surface area contributed by atoms with Gasteiger partial charge in [0.05, 0.1) is 0 Å². The van der Waals surface area contributed by atoms with E-state index in [2.05, 4.69) is 17.4 Å². The molecule has 1 fully saturated rings. The molecule has 2 atom stereocenters. The lowest BCUT2D eigenvalue weighted by Gasteiger charge is -2.36. The Labute approximate surface area is 162 Å². The van der Waals surface area contributed by atoms with Crippen LogP contribution in [0.2, 0.25) is 0 Å². The van der Waals surface area contributed by atoms with E-state index in [1.165, 1.54) is 22.2 Å². The number of hydrogen-bond donors (Lipinski definition) is 1. The van der Waals surface area contributed by atoms with Crippen molar-refractivity contribution >= 4 is 28.9 Å². The van der Waals surface area contributed by atoms with Crippen molar-refractivity contribution in [2.75, 3.05) is 13.6 Å². The Hall–Kier alpha value is -2.80. The number of fused-ring (bicyclic) bond motifs is 1. The summed E-state index contributed by atoms with van der Waals surface area (Å²) in [6.45, 7) is 0.652. The Balaban J connectivity index is 1.60. The van der Waals surface area contributed by atoms with Crippen LogP contribution in [-0.2, 0) is 11.2 Å². The normalized spacial score (nSPS) is 21.7. The zero-order valence-corrected chi connectivity index (χ0v) is 15.7. The highest BCUT2D eigenvalue weighted by Gasteiger charge is 2.48. The van der Waals surface area contributed by atoms with Gasteiger partial charge in [-0.3, -0.25) is 10.1 Å². The molecule has 0 radical (unpaired) electrons. The number of carbonyl (C=O) groups excluding carboxylic acids is 2. The number of amides is 3.